The Bertz CT molecular complexity index is 602. The molecule has 1 aliphatic heterocycles. The number of nitrogens with one attached hydrogen (secondary N) is 1. The van der Waals surface area contributed by atoms with Gasteiger partial charge in [0.15, 0.2) is 0 Å². The van der Waals surface area contributed by atoms with Crippen molar-refractivity contribution < 1.29 is 0 Å². The summed E-state index contributed by atoms with van der Waals surface area (Å²) in [6.07, 6.45) is 5.45. The molecule has 2 heteroatoms. The van der Waals surface area contributed by atoms with Crippen molar-refractivity contribution in [3.8, 4) is 0 Å². The Labute approximate surface area is 133 Å². The average Bonchev–Trinajstić information content (AvgIpc) is 2.98. The van der Waals surface area contributed by atoms with Crippen molar-refractivity contribution in [3.63, 3.8) is 0 Å². The summed E-state index contributed by atoms with van der Waals surface area (Å²) in [5, 5.41) is 3.82. The zero-order chi connectivity index (χ0) is 13.4. The average molecular weight is 300 g/mol. The van der Waals surface area contributed by atoms with E-state index in [4.69, 9.17) is 0 Å². The maximum atomic E-state index is 3.82. The first-order chi connectivity index (χ1) is 9.89. The molecule has 21 heavy (non-hydrogen) atoms. The summed E-state index contributed by atoms with van der Waals surface area (Å²) in [5.74, 6) is 0. The Hall–Kier alpha value is -1.31. The maximum absolute atomic E-state index is 3.82. The lowest BCUT2D eigenvalue weighted by Gasteiger charge is -2.40. The zero-order valence-electron chi connectivity index (χ0n) is 12.2. The fourth-order valence-electron chi connectivity index (χ4n) is 4.18. The number of fused-ring (bicyclic) bond motifs is 2. The highest BCUT2D eigenvalue weighted by Crippen LogP contribution is 2.46. The van der Waals surface area contributed by atoms with E-state index in [9.17, 15) is 0 Å². The van der Waals surface area contributed by atoms with Gasteiger partial charge in [0, 0.05) is 12.0 Å². The lowest BCUT2D eigenvalue weighted by atomic mass is 9.72. The first kappa shape index (κ1) is 14.6. The van der Waals surface area contributed by atoms with Gasteiger partial charge in [-0.1, -0.05) is 67.4 Å². The first-order valence-electron chi connectivity index (χ1n) is 7.77. The quantitative estimate of drug-likeness (QED) is 0.810. The molecule has 1 fully saturated rings. The van der Waals surface area contributed by atoms with Crippen LogP contribution in [0.2, 0.25) is 0 Å². The molecule has 1 nitrogen and oxygen atoms in total. The number of halogens is 1. The predicted octanol–water partition coefficient (Wildman–Crippen LogP) is 4.61. The van der Waals surface area contributed by atoms with E-state index in [0.717, 1.165) is 6.54 Å². The standard InChI is InChI=1S/C19H21N.ClH/c1-2-8-15(9-3-1)18-16-10-4-5-11-17(16)19(14-20-18)12-6-7-13-19;/h1-5,8-11,18,20H,6-7,12-14H2;1H. The van der Waals surface area contributed by atoms with Gasteiger partial charge in [-0.25, -0.2) is 0 Å². The van der Waals surface area contributed by atoms with Gasteiger partial charge in [-0.2, -0.15) is 0 Å². The molecule has 0 radical (unpaired) electrons. The van der Waals surface area contributed by atoms with Gasteiger partial charge in [0.05, 0.1) is 6.04 Å². The highest BCUT2D eigenvalue weighted by molar-refractivity contribution is 5.85. The Balaban J connectivity index is 0.00000132. The zero-order valence-corrected chi connectivity index (χ0v) is 13.0. The van der Waals surface area contributed by atoms with Gasteiger partial charge in [-0.05, 0) is 29.5 Å². The third-order valence-electron chi connectivity index (χ3n) is 5.18. The van der Waals surface area contributed by atoms with Crippen LogP contribution in [-0.4, -0.2) is 6.54 Å². The van der Waals surface area contributed by atoms with Crippen LogP contribution < -0.4 is 5.32 Å². The molecule has 1 spiro atoms. The van der Waals surface area contributed by atoms with Crippen LogP contribution >= 0.6 is 12.4 Å². The molecule has 0 bridgehead atoms. The van der Waals surface area contributed by atoms with Crippen molar-refractivity contribution in [2.24, 2.45) is 0 Å². The Morgan fingerprint density at radius 1 is 0.857 bits per heavy atom. The largest absolute Gasteiger partial charge is 0.305 e. The summed E-state index contributed by atoms with van der Waals surface area (Å²) < 4.78 is 0. The summed E-state index contributed by atoms with van der Waals surface area (Å²) in [6.45, 7) is 1.13. The van der Waals surface area contributed by atoms with Gasteiger partial charge >= 0.3 is 0 Å². The molecule has 0 aromatic heterocycles. The van der Waals surface area contributed by atoms with Crippen LogP contribution in [0.4, 0.5) is 0 Å². The molecule has 2 aromatic carbocycles. The molecule has 0 saturated heterocycles. The lowest BCUT2D eigenvalue weighted by Crippen LogP contribution is -2.44. The Morgan fingerprint density at radius 3 is 2.29 bits per heavy atom. The van der Waals surface area contributed by atoms with Crippen LogP contribution in [0.3, 0.4) is 0 Å². The van der Waals surface area contributed by atoms with E-state index < -0.39 is 0 Å². The summed E-state index contributed by atoms with van der Waals surface area (Å²) >= 11 is 0. The summed E-state index contributed by atoms with van der Waals surface area (Å²) in [6, 6.07) is 20.3. The van der Waals surface area contributed by atoms with E-state index in [1.807, 2.05) is 0 Å². The van der Waals surface area contributed by atoms with Gasteiger partial charge in [0.1, 0.15) is 0 Å². The molecule has 1 aliphatic carbocycles. The summed E-state index contributed by atoms with van der Waals surface area (Å²) in [7, 11) is 0. The predicted molar refractivity (Wildman–Crippen MR) is 90.1 cm³/mol. The van der Waals surface area contributed by atoms with Crippen molar-refractivity contribution in [2.75, 3.05) is 6.54 Å². The third-order valence-corrected chi connectivity index (χ3v) is 5.18. The van der Waals surface area contributed by atoms with E-state index in [1.165, 1.54) is 36.8 Å². The second kappa shape index (κ2) is 5.82. The van der Waals surface area contributed by atoms with E-state index in [1.54, 1.807) is 5.56 Å². The van der Waals surface area contributed by atoms with Gasteiger partial charge in [0.25, 0.3) is 0 Å². The van der Waals surface area contributed by atoms with Crippen molar-refractivity contribution in [1.82, 2.24) is 5.32 Å². The van der Waals surface area contributed by atoms with Crippen LogP contribution in [0.5, 0.6) is 0 Å². The second-order valence-electron chi connectivity index (χ2n) is 6.30. The number of hydrogen-bond donors (Lipinski definition) is 1. The number of benzene rings is 2. The molecular weight excluding hydrogens is 278 g/mol. The maximum Gasteiger partial charge on any atom is 0.0579 e. The summed E-state index contributed by atoms with van der Waals surface area (Å²) in [4.78, 5) is 0. The van der Waals surface area contributed by atoms with Crippen molar-refractivity contribution >= 4 is 12.4 Å². The van der Waals surface area contributed by atoms with Gasteiger partial charge < -0.3 is 5.32 Å². The third kappa shape index (κ3) is 2.39. The molecule has 4 rings (SSSR count). The monoisotopic (exact) mass is 299 g/mol. The van der Waals surface area contributed by atoms with Crippen LogP contribution in [-0.2, 0) is 5.41 Å². The minimum absolute atomic E-state index is 0. The first-order valence-corrected chi connectivity index (χ1v) is 7.77. The highest BCUT2D eigenvalue weighted by atomic mass is 35.5. The van der Waals surface area contributed by atoms with E-state index in [0.29, 0.717) is 11.5 Å². The van der Waals surface area contributed by atoms with Crippen molar-refractivity contribution in [1.29, 1.82) is 0 Å². The molecule has 2 aliphatic rings. The Kier molecular flexibility index (Phi) is 4.05. The van der Waals surface area contributed by atoms with Crippen molar-refractivity contribution in [2.45, 2.75) is 37.1 Å². The topological polar surface area (TPSA) is 12.0 Å². The van der Waals surface area contributed by atoms with E-state index >= 15 is 0 Å². The highest BCUT2D eigenvalue weighted by Gasteiger charge is 2.41. The molecule has 1 unspecified atom stereocenters. The Morgan fingerprint density at radius 2 is 1.52 bits per heavy atom. The normalized spacial score (nSPS) is 22.6. The molecule has 1 N–H and O–H groups in total. The molecule has 2 aromatic rings. The van der Waals surface area contributed by atoms with Gasteiger partial charge in [-0.3, -0.25) is 0 Å². The van der Waals surface area contributed by atoms with E-state index in [-0.39, 0.29) is 12.4 Å². The van der Waals surface area contributed by atoms with Gasteiger partial charge in [0.2, 0.25) is 0 Å². The number of rotatable bonds is 1. The molecule has 1 saturated carbocycles. The molecule has 0 amide bonds. The van der Waals surface area contributed by atoms with Crippen LogP contribution in [0.15, 0.2) is 54.6 Å². The fourth-order valence-corrected chi connectivity index (χ4v) is 4.18. The van der Waals surface area contributed by atoms with Crippen LogP contribution in [0.1, 0.15) is 48.4 Å². The fraction of sp³-hybridized carbons (Fsp3) is 0.368. The van der Waals surface area contributed by atoms with Crippen LogP contribution in [0.25, 0.3) is 0 Å². The smallest absolute Gasteiger partial charge is 0.0579 e. The number of hydrogen-bond acceptors (Lipinski definition) is 1. The molecule has 110 valence electrons. The van der Waals surface area contributed by atoms with Crippen LogP contribution in [0, 0.1) is 0 Å². The van der Waals surface area contributed by atoms with Gasteiger partial charge in [-0.15, -0.1) is 12.4 Å². The van der Waals surface area contributed by atoms with Crippen molar-refractivity contribution in [3.05, 3.63) is 71.3 Å². The minimum Gasteiger partial charge on any atom is -0.305 e. The van der Waals surface area contributed by atoms with E-state index in [2.05, 4.69) is 59.9 Å². The summed E-state index contributed by atoms with van der Waals surface area (Å²) in [5.41, 5.74) is 4.88. The molecular formula is C19H22ClN. The lowest BCUT2D eigenvalue weighted by molar-refractivity contribution is 0.357. The minimum atomic E-state index is 0. The second-order valence-corrected chi connectivity index (χ2v) is 6.30. The SMILES string of the molecule is Cl.c1ccc(C2NCC3(CCCC3)c3ccccc32)cc1. The molecule has 1 atom stereocenters. The molecule has 1 heterocycles.